The summed E-state index contributed by atoms with van der Waals surface area (Å²) in [5.41, 5.74) is 0. The lowest BCUT2D eigenvalue weighted by Gasteiger charge is -2.18. The highest BCUT2D eigenvalue weighted by atomic mass is 16.6. The normalized spacial score (nSPS) is 12.4. The first-order valence-corrected chi connectivity index (χ1v) is 22.1. The van der Waals surface area contributed by atoms with Gasteiger partial charge in [-0.3, -0.25) is 14.4 Å². The van der Waals surface area contributed by atoms with Crippen LogP contribution in [0.15, 0.2) is 48.6 Å². The summed E-state index contributed by atoms with van der Waals surface area (Å²) < 4.78 is 16.6. The SMILES string of the molecule is CC/C=C\C/C=C\C/C=C\CCCCC(=O)OCC(COC(=O)CCCCCCC/C=C\CCCC)OC(=O)CCCCCCCCCCCCCC. The van der Waals surface area contributed by atoms with Crippen molar-refractivity contribution < 1.29 is 28.6 Å². The molecule has 6 nitrogen and oxygen atoms in total. The van der Waals surface area contributed by atoms with Gasteiger partial charge in [-0.25, -0.2) is 0 Å². The van der Waals surface area contributed by atoms with Gasteiger partial charge in [-0.2, -0.15) is 0 Å². The number of allylic oxidation sites excluding steroid dienone is 8. The van der Waals surface area contributed by atoms with E-state index in [0.717, 1.165) is 83.5 Å². The summed E-state index contributed by atoms with van der Waals surface area (Å²) in [5, 5.41) is 0. The molecule has 0 amide bonds. The van der Waals surface area contributed by atoms with Gasteiger partial charge in [0.05, 0.1) is 0 Å². The number of hydrogen-bond acceptors (Lipinski definition) is 6. The molecule has 0 fully saturated rings. The van der Waals surface area contributed by atoms with Crippen LogP contribution in [-0.2, 0) is 28.6 Å². The quantitative estimate of drug-likeness (QED) is 0.0270. The monoisotopic (exact) mass is 743 g/mol. The molecule has 1 atom stereocenters. The lowest BCUT2D eigenvalue weighted by Crippen LogP contribution is -2.30. The molecule has 0 saturated heterocycles. The van der Waals surface area contributed by atoms with E-state index in [4.69, 9.17) is 14.2 Å². The first-order chi connectivity index (χ1) is 26.0. The summed E-state index contributed by atoms with van der Waals surface area (Å²) >= 11 is 0. The fraction of sp³-hybridized carbons (Fsp3) is 0.766. The van der Waals surface area contributed by atoms with Gasteiger partial charge in [0.2, 0.25) is 0 Å². The molecule has 1 unspecified atom stereocenters. The van der Waals surface area contributed by atoms with Crippen molar-refractivity contribution in [3.05, 3.63) is 48.6 Å². The average Bonchev–Trinajstić information content (AvgIpc) is 3.15. The van der Waals surface area contributed by atoms with E-state index in [-0.39, 0.29) is 31.1 Å². The maximum absolute atomic E-state index is 12.7. The molecular formula is C47H82O6. The molecule has 0 bridgehead atoms. The maximum Gasteiger partial charge on any atom is 0.306 e. The summed E-state index contributed by atoms with van der Waals surface area (Å²) in [5.74, 6) is -0.940. The molecule has 0 aromatic heterocycles. The molecule has 6 heteroatoms. The molecule has 0 spiro atoms. The molecular weight excluding hydrogens is 661 g/mol. The van der Waals surface area contributed by atoms with Crippen LogP contribution in [0.1, 0.15) is 213 Å². The zero-order valence-electron chi connectivity index (χ0n) is 34.8. The lowest BCUT2D eigenvalue weighted by atomic mass is 10.0. The first-order valence-electron chi connectivity index (χ1n) is 22.1. The van der Waals surface area contributed by atoms with Crippen molar-refractivity contribution >= 4 is 17.9 Å². The van der Waals surface area contributed by atoms with Gasteiger partial charge < -0.3 is 14.2 Å². The number of hydrogen-bond donors (Lipinski definition) is 0. The van der Waals surface area contributed by atoms with E-state index in [2.05, 4.69) is 69.4 Å². The smallest absolute Gasteiger partial charge is 0.306 e. The maximum atomic E-state index is 12.7. The highest BCUT2D eigenvalue weighted by Gasteiger charge is 2.19. The van der Waals surface area contributed by atoms with Crippen LogP contribution in [0.5, 0.6) is 0 Å². The van der Waals surface area contributed by atoms with Crippen molar-refractivity contribution in [1.82, 2.24) is 0 Å². The van der Waals surface area contributed by atoms with Crippen LogP contribution in [0.3, 0.4) is 0 Å². The van der Waals surface area contributed by atoms with Gasteiger partial charge in [-0.15, -0.1) is 0 Å². The zero-order valence-corrected chi connectivity index (χ0v) is 34.8. The highest BCUT2D eigenvalue weighted by Crippen LogP contribution is 2.14. The molecule has 0 radical (unpaired) electrons. The van der Waals surface area contributed by atoms with Gasteiger partial charge in [0.1, 0.15) is 13.2 Å². The molecule has 0 aromatic rings. The van der Waals surface area contributed by atoms with Crippen LogP contribution >= 0.6 is 0 Å². The topological polar surface area (TPSA) is 78.9 Å². The van der Waals surface area contributed by atoms with Crippen molar-refractivity contribution in [2.75, 3.05) is 13.2 Å². The van der Waals surface area contributed by atoms with Crippen molar-refractivity contribution in [2.45, 2.75) is 219 Å². The van der Waals surface area contributed by atoms with Crippen LogP contribution < -0.4 is 0 Å². The van der Waals surface area contributed by atoms with Gasteiger partial charge in [-0.05, 0) is 70.6 Å². The predicted molar refractivity (Wildman–Crippen MR) is 224 cm³/mol. The van der Waals surface area contributed by atoms with Crippen LogP contribution in [0, 0.1) is 0 Å². The summed E-state index contributed by atoms with van der Waals surface area (Å²) in [6.45, 7) is 6.42. The van der Waals surface area contributed by atoms with E-state index in [0.29, 0.717) is 19.3 Å². The Kier molecular flexibility index (Phi) is 40.0. The molecule has 0 aliphatic heterocycles. The van der Waals surface area contributed by atoms with E-state index in [9.17, 15) is 14.4 Å². The molecule has 0 rings (SSSR count). The van der Waals surface area contributed by atoms with Gasteiger partial charge in [0.25, 0.3) is 0 Å². The number of unbranched alkanes of at least 4 members (excludes halogenated alkanes) is 20. The Hall–Kier alpha value is -2.63. The van der Waals surface area contributed by atoms with Gasteiger partial charge in [-0.1, -0.05) is 172 Å². The standard InChI is InChI=1S/C47H82O6/c1-4-7-10-13-16-19-22-25-28-31-34-37-40-46(49)52-43-44(42-51-45(48)39-36-33-30-27-24-21-18-15-12-9-6-3)53-47(50)41-38-35-32-29-26-23-20-17-14-11-8-5-2/h7,10,15-16,18-19,25,28,44H,4-6,8-9,11-14,17,20-24,26-27,29-43H2,1-3H3/b10-7-,18-15-,19-16-,28-25-. The zero-order chi connectivity index (χ0) is 38.7. The number of esters is 3. The van der Waals surface area contributed by atoms with Crippen LogP contribution in [-0.4, -0.2) is 37.2 Å². The largest absolute Gasteiger partial charge is 0.462 e. The highest BCUT2D eigenvalue weighted by molar-refractivity contribution is 5.71. The van der Waals surface area contributed by atoms with Crippen molar-refractivity contribution in [3.63, 3.8) is 0 Å². The Bertz CT molecular complexity index is 949. The number of carbonyl (C=O) groups is 3. The second-order valence-corrected chi connectivity index (χ2v) is 14.6. The summed E-state index contributed by atoms with van der Waals surface area (Å²) in [7, 11) is 0. The van der Waals surface area contributed by atoms with Crippen LogP contribution in [0.25, 0.3) is 0 Å². The van der Waals surface area contributed by atoms with Crippen molar-refractivity contribution in [3.8, 4) is 0 Å². The number of rotatable bonds is 39. The van der Waals surface area contributed by atoms with Crippen LogP contribution in [0.4, 0.5) is 0 Å². The Balaban J connectivity index is 4.44. The summed E-state index contributed by atoms with van der Waals surface area (Å²) in [4.78, 5) is 37.6. The Morgan fingerprint density at radius 3 is 1.26 bits per heavy atom. The summed E-state index contributed by atoms with van der Waals surface area (Å²) in [6.07, 6.45) is 48.1. The molecule has 0 aliphatic rings. The molecule has 0 heterocycles. The van der Waals surface area contributed by atoms with Crippen molar-refractivity contribution in [2.24, 2.45) is 0 Å². The second-order valence-electron chi connectivity index (χ2n) is 14.6. The fourth-order valence-electron chi connectivity index (χ4n) is 5.97. The molecule has 0 aromatic carbocycles. The molecule has 0 aliphatic carbocycles. The van der Waals surface area contributed by atoms with E-state index in [1.54, 1.807) is 0 Å². The molecule has 53 heavy (non-hydrogen) atoms. The number of ether oxygens (including phenoxy) is 3. The third-order valence-corrected chi connectivity index (χ3v) is 9.32. The molecule has 0 saturated carbocycles. The van der Waals surface area contributed by atoms with Gasteiger partial charge in [0, 0.05) is 19.3 Å². The van der Waals surface area contributed by atoms with E-state index < -0.39 is 6.10 Å². The van der Waals surface area contributed by atoms with Gasteiger partial charge >= 0.3 is 17.9 Å². The summed E-state index contributed by atoms with van der Waals surface area (Å²) in [6, 6.07) is 0. The van der Waals surface area contributed by atoms with Crippen LogP contribution in [0.2, 0.25) is 0 Å². The Labute approximate surface area is 327 Å². The Morgan fingerprint density at radius 2 is 0.755 bits per heavy atom. The third-order valence-electron chi connectivity index (χ3n) is 9.32. The lowest BCUT2D eigenvalue weighted by molar-refractivity contribution is -0.167. The van der Waals surface area contributed by atoms with E-state index in [1.807, 2.05) is 0 Å². The second kappa shape index (κ2) is 42.1. The van der Waals surface area contributed by atoms with Crippen molar-refractivity contribution in [1.29, 1.82) is 0 Å². The fourth-order valence-corrected chi connectivity index (χ4v) is 5.97. The number of carbonyl (C=O) groups excluding carboxylic acids is 3. The Morgan fingerprint density at radius 1 is 0.396 bits per heavy atom. The minimum atomic E-state index is -0.786. The average molecular weight is 743 g/mol. The van der Waals surface area contributed by atoms with Gasteiger partial charge in [0.15, 0.2) is 6.10 Å². The van der Waals surface area contributed by atoms with E-state index in [1.165, 1.54) is 89.9 Å². The molecule has 0 N–H and O–H groups in total. The van der Waals surface area contributed by atoms with E-state index >= 15 is 0 Å². The third kappa shape index (κ3) is 40.4. The molecule has 306 valence electrons. The predicted octanol–water partition coefficient (Wildman–Crippen LogP) is 14.0. The minimum Gasteiger partial charge on any atom is -0.462 e. The first kappa shape index (κ1) is 50.4. The minimum absolute atomic E-state index is 0.0885.